The summed E-state index contributed by atoms with van der Waals surface area (Å²) in [5.74, 6) is 0. The molecule has 0 bridgehead atoms. The molecule has 1 aromatic heterocycles. The van der Waals surface area contributed by atoms with Crippen molar-refractivity contribution in [2.24, 2.45) is 0 Å². The summed E-state index contributed by atoms with van der Waals surface area (Å²) in [6.45, 7) is 6.70. The molecule has 1 atom stereocenters. The first-order chi connectivity index (χ1) is 9.90. The topological polar surface area (TPSA) is 24.9 Å². The SMILES string of the molecule is CNC(Cc1ccc(C(C)(C)C)cc1)c1ccc(Cl)cn1. The van der Waals surface area contributed by atoms with Gasteiger partial charge in [-0.1, -0.05) is 56.6 Å². The van der Waals surface area contributed by atoms with Gasteiger partial charge in [-0.15, -0.1) is 0 Å². The summed E-state index contributed by atoms with van der Waals surface area (Å²) in [5, 5.41) is 4.00. The number of nitrogens with zero attached hydrogens (tertiary/aromatic N) is 1. The first kappa shape index (κ1) is 16.0. The highest BCUT2D eigenvalue weighted by Gasteiger charge is 2.15. The first-order valence-electron chi connectivity index (χ1n) is 7.28. The fourth-order valence-corrected chi connectivity index (χ4v) is 2.44. The monoisotopic (exact) mass is 302 g/mol. The zero-order valence-corrected chi connectivity index (χ0v) is 13.9. The van der Waals surface area contributed by atoms with E-state index in [0.717, 1.165) is 12.1 Å². The molecule has 21 heavy (non-hydrogen) atoms. The Morgan fingerprint density at radius 3 is 2.24 bits per heavy atom. The molecule has 0 saturated heterocycles. The summed E-state index contributed by atoms with van der Waals surface area (Å²) in [5.41, 5.74) is 3.87. The molecule has 0 radical (unpaired) electrons. The van der Waals surface area contributed by atoms with Crippen LogP contribution < -0.4 is 5.32 Å². The Kier molecular flexibility index (Phi) is 5.02. The van der Waals surface area contributed by atoms with Gasteiger partial charge in [0.1, 0.15) is 0 Å². The molecule has 0 aliphatic heterocycles. The summed E-state index contributed by atoms with van der Waals surface area (Å²) in [4.78, 5) is 4.41. The number of hydrogen-bond acceptors (Lipinski definition) is 2. The van der Waals surface area contributed by atoms with Gasteiger partial charge >= 0.3 is 0 Å². The van der Waals surface area contributed by atoms with Crippen molar-refractivity contribution >= 4 is 11.6 Å². The number of rotatable bonds is 4. The molecule has 0 aliphatic rings. The zero-order valence-electron chi connectivity index (χ0n) is 13.2. The van der Waals surface area contributed by atoms with Crippen LogP contribution in [0.15, 0.2) is 42.6 Å². The predicted octanol–water partition coefficient (Wildman–Crippen LogP) is 4.54. The lowest BCUT2D eigenvalue weighted by molar-refractivity contribution is 0.573. The molecular weight excluding hydrogens is 280 g/mol. The molecule has 2 aromatic rings. The number of likely N-dealkylation sites (N-methyl/N-ethyl adjacent to an activating group) is 1. The van der Waals surface area contributed by atoms with E-state index in [0.29, 0.717) is 5.02 Å². The minimum atomic E-state index is 0.193. The molecule has 1 unspecified atom stereocenters. The molecule has 2 rings (SSSR count). The van der Waals surface area contributed by atoms with Crippen LogP contribution in [0.2, 0.25) is 5.02 Å². The zero-order chi connectivity index (χ0) is 15.5. The highest BCUT2D eigenvalue weighted by molar-refractivity contribution is 6.30. The first-order valence-corrected chi connectivity index (χ1v) is 7.66. The van der Waals surface area contributed by atoms with Gasteiger partial charge in [0.05, 0.1) is 16.8 Å². The Morgan fingerprint density at radius 1 is 1.10 bits per heavy atom. The van der Waals surface area contributed by atoms with E-state index in [1.165, 1.54) is 11.1 Å². The van der Waals surface area contributed by atoms with E-state index in [4.69, 9.17) is 11.6 Å². The second-order valence-electron chi connectivity index (χ2n) is 6.39. The quantitative estimate of drug-likeness (QED) is 0.897. The van der Waals surface area contributed by atoms with Crippen molar-refractivity contribution in [3.63, 3.8) is 0 Å². The third-order valence-corrected chi connectivity index (χ3v) is 3.94. The molecule has 0 amide bonds. The minimum absolute atomic E-state index is 0.193. The van der Waals surface area contributed by atoms with Crippen molar-refractivity contribution in [2.45, 2.75) is 38.6 Å². The normalized spacial score (nSPS) is 13.2. The van der Waals surface area contributed by atoms with Gasteiger partial charge in [-0.2, -0.15) is 0 Å². The molecule has 3 heteroatoms. The molecule has 1 N–H and O–H groups in total. The smallest absolute Gasteiger partial charge is 0.0589 e. The summed E-state index contributed by atoms with van der Waals surface area (Å²) in [6, 6.07) is 12.9. The van der Waals surface area contributed by atoms with E-state index in [1.54, 1.807) is 6.20 Å². The number of hydrogen-bond donors (Lipinski definition) is 1. The van der Waals surface area contributed by atoms with Crippen LogP contribution in [0.4, 0.5) is 0 Å². The van der Waals surface area contributed by atoms with Crippen LogP contribution in [0.25, 0.3) is 0 Å². The van der Waals surface area contributed by atoms with Crippen molar-refractivity contribution in [3.8, 4) is 0 Å². The molecule has 0 spiro atoms. The average molecular weight is 303 g/mol. The summed E-state index contributed by atoms with van der Waals surface area (Å²) >= 11 is 5.90. The standard InChI is InChI=1S/C18H23ClN2/c1-18(2,3)14-7-5-13(6-8-14)11-17(20-4)16-10-9-15(19)12-21-16/h5-10,12,17,20H,11H2,1-4H3. The molecule has 0 aliphatic carbocycles. The van der Waals surface area contributed by atoms with Crippen LogP contribution in [0.1, 0.15) is 43.6 Å². The van der Waals surface area contributed by atoms with E-state index in [-0.39, 0.29) is 11.5 Å². The lowest BCUT2D eigenvalue weighted by Gasteiger charge is -2.20. The Bertz CT molecular complexity index is 568. The van der Waals surface area contributed by atoms with Crippen molar-refractivity contribution in [3.05, 3.63) is 64.4 Å². The number of nitrogens with one attached hydrogen (secondary N) is 1. The van der Waals surface area contributed by atoms with Gasteiger partial charge in [-0.3, -0.25) is 4.98 Å². The van der Waals surface area contributed by atoms with Gasteiger partial charge in [0.25, 0.3) is 0 Å². The number of pyridine rings is 1. The van der Waals surface area contributed by atoms with Gasteiger partial charge in [-0.25, -0.2) is 0 Å². The Hall–Kier alpha value is -1.38. The summed E-state index contributed by atoms with van der Waals surface area (Å²) in [7, 11) is 1.96. The minimum Gasteiger partial charge on any atom is -0.311 e. The van der Waals surface area contributed by atoms with Gasteiger partial charge in [-0.05, 0) is 42.1 Å². The van der Waals surface area contributed by atoms with Crippen LogP contribution in [0.5, 0.6) is 0 Å². The summed E-state index contributed by atoms with van der Waals surface area (Å²) < 4.78 is 0. The van der Waals surface area contributed by atoms with E-state index in [1.807, 2.05) is 19.2 Å². The fourth-order valence-electron chi connectivity index (χ4n) is 2.32. The lowest BCUT2D eigenvalue weighted by atomic mass is 9.86. The maximum Gasteiger partial charge on any atom is 0.0589 e. The van der Waals surface area contributed by atoms with Gasteiger partial charge in [0.15, 0.2) is 0 Å². The second kappa shape index (κ2) is 6.59. The van der Waals surface area contributed by atoms with Crippen molar-refractivity contribution < 1.29 is 0 Å². The van der Waals surface area contributed by atoms with E-state index in [9.17, 15) is 0 Å². The third kappa shape index (κ3) is 4.29. The maximum atomic E-state index is 5.90. The maximum absolute atomic E-state index is 5.90. The number of aromatic nitrogens is 1. The highest BCUT2D eigenvalue weighted by Crippen LogP contribution is 2.24. The van der Waals surface area contributed by atoms with Crippen LogP contribution in [0, 0.1) is 0 Å². The van der Waals surface area contributed by atoms with E-state index >= 15 is 0 Å². The molecule has 0 fully saturated rings. The predicted molar refractivity (Wildman–Crippen MR) is 89.9 cm³/mol. The van der Waals surface area contributed by atoms with Crippen molar-refractivity contribution in [2.75, 3.05) is 7.05 Å². The molecule has 0 saturated carbocycles. The van der Waals surface area contributed by atoms with Crippen LogP contribution in [-0.2, 0) is 11.8 Å². The average Bonchev–Trinajstić information content (AvgIpc) is 2.45. The van der Waals surface area contributed by atoms with Crippen LogP contribution in [-0.4, -0.2) is 12.0 Å². The van der Waals surface area contributed by atoms with Gasteiger partial charge < -0.3 is 5.32 Å². The third-order valence-electron chi connectivity index (χ3n) is 3.72. The Morgan fingerprint density at radius 2 is 1.76 bits per heavy atom. The summed E-state index contributed by atoms with van der Waals surface area (Å²) in [6.07, 6.45) is 2.61. The van der Waals surface area contributed by atoms with E-state index in [2.05, 4.69) is 55.3 Å². The molecular formula is C18H23ClN2. The van der Waals surface area contributed by atoms with Crippen LogP contribution in [0.3, 0.4) is 0 Å². The van der Waals surface area contributed by atoms with E-state index < -0.39 is 0 Å². The number of benzene rings is 1. The highest BCUT2D eigenvalue weighted by atomic mass is 35.5. The molecule has 112 valence electrons. The second-order valence-corrected chi connectivity index (χ2v) is 6.83. The van der Waals surface area contributed by atoms with Crippen molar-refractivity contribution in [1.82, 2.24) is 10.3 Å². The fraction of sp³-hybridized carbons (Fsp3) is 0.389. The van der Waals surface area contributed by atoms with Gasteiger partial charge in [0.2, 0.25) is 0 Å². The lowest BCUT2D eigenvalue weighted by Crippen LogP contribution is -2.20. The Balaban J connectivity index is 2.13. The van der Waals surface area contributed by atoms with Crippen molar-refractivity contribution in [1.29, 1.82) is 0 Å². The molecule has 1 aromatic carbocycles. The number of halogens is 1. The van der Waals surface area contributed by atoms with Crippen LogP contribution >= 0.6 is 11.6 Å². The molecule has 2 nitrogen and oxygen atoms in total. The van der Waals surface area contributed by atoms with Gasteiger partial charge in [0, 0.05) is 6.20 Å². The Labute approximate surface area is 132 Å². The molecule has 1 heterocycles. The largest absolute Gasteiger partial charge is 0.311 e.